The first-order chi connectivity index (χ1) is 12.1. The van der Waals surface area contributed by atoms with E-state index in [-0.39, 0.29) is 5.56 Å². The Balaban J connectivity index is 1.69. The number of aromatic nitrogens is 2. The Labute approximate surface area is 148 Å². The van der Waals surface area contributed by atoms with Crippen LogP contribution in [0, 0.1) is 0 Å². The molecule has 0 aliphatic rings. The number of carbonyl (C=O) groups is 1. The van der Waals surface area contributed by atoms with Gasteiger partial charge in [0.15, 0.2) is 0 Å². The van der Waals surface area contributed by atoms with Crippen molar-refractivity contribution < 1.29 is 9.90 Å². The highest BCUT2D eigenvalue weighted by Crippen LogP contribution is 2.26. The summed E-state index contributed by atoms with van der Waals surface area (Å²) in [6.07, 6.45) is 0. The molecule has 4 aromatic rings. The molecule has 0 saturated heterocycles. The van der Waals surface area contributed by atoms with Gasteiger partial charge in [0.1, 0.15) is 5.82 Å². The van der Waals surface area contributed by atoms with Gasteiger partial charge in [0.05, 0.1) is 16.6 Å². The minimum Gasteiger partial charge on any atom is -0.478 e. The monoisotopic (exact) mass is 348 g/mol. The van der Waals surface area contributed by atoms with Gasteiger partial charge in [-0.25, -0.2) is 9.78 Å². The first kappa shape index (κ1) is 15.4. The number of halogens is 1. The van der Waals surface area contributed by atoms with Crippen molar-refractivity contribution in [1.29, 1.82) is 0 Å². The van der Waals surface area contributed by atoms with Crippen molar-refractivity contribution >= 4 is 28.6 Å². The van der Waals surface area contributed by atoms with Crippen molar-refractivity contribution in [2.75, 3.05) is 0 Å². The molecule has 0 amide bonds. The molecule has 0 bridgehead atoms. The zero-order valence-electron chi connectivity index (χ0n) is 13.0. The molecule has 122 valence electrons. The van der Waals surface area contributed by atoms with Crippen LogP contribution in [-0.2, 0) is 0 Å². The Bertz CT molecular complexity index is 1080. The van der Waals surface area contributed by atoms with Crippen molar-refractivity contribution in [3.8, 4) is 22.5 Å². The minimum absolute atomic E-state index is 0.274. The average Bonchev–Trinajstić information content (AvgIpc) is 3.05. The largest absolute Gasteiger partial charge is 0.478 e. The molecule has 2 N–H and O–H groups in total. The maximum Gasteiger partial charge on any atom is 0.335 e. The second-order valence-electron chi connectivity index (χ2n) is 5.71. The number of fused-ring (bicyclic) bond motifs is 1. The van der Waals surface area contributed by atoms with Crippen molar-refractivity contribution in [3.05, 3.63) is 77.3 Å². The number of carboxylic acid groups (broad SMARTS) is 1. The standard InChI is InChI=1S/C20H13ClN2O2/c21-16-8-9-17-18(11-16)23-19(22-17)13-6-4-12(5-7-13)14-2-1-3-15(10-14)20(24)25/h1-11H,(H,22,23)(H,24,25). The number of nitrogens with one attached hydrogen (secondary N) is 1. The fourth-order valence-electron chi connectivity index (χ4n) is 2.77. The number of imidazole rings is 1. The number of H-pyrrole nitrogens is 1. The van der Waals surface area contributed by atoms with Crippen LogP contribution >= 0.6 is 11.6 Å². The Kier molecular flexibility index (Phi) is 3.75. The Morgan fingerprint density at radius 1 is 0.920 bits per heavy atom. The molecular formula is C20H13ClN2O2. The van der Waals surface area contributed by atoms with Crippen LogP contribution in [0.3, 0.4) is 0 Å². The summed E-state index contributed by atoms with van der Waals surface area (Å²) in [5, 5.41) is 9.78. The average molecular weight is 349 g/mol. The lowest BCUT2D eigenvalue weighted by Gasteiger charge is -2.04. The quantitative estimate of drug-likeness (QED) is 0.531. The summed E-state index contributed by atoms with van der Waals surface area (Å²) in [4.78, 5) is 18.9. The molecule has 5 heteroatoms. The van der Waals surface area contributed by atoms with Gasteiger partial charge in [0.25, 0.3) is 0 Å². The van der Waals surface area contributed by atoms with Crippen LogP contribution in [0.4, 0.5) is 0 Å². The molecule has 4 nitrogen and oxygen atoms in total. The van der Waals surface area contributed by atoms with Gasteiger partial charge in [0, 0.05) is 10.6 Å². The van der Waals surface area contributed by atoms with Crippen LogP contribution in [0.1, 0.15) is 10.4 Å². The van der Waals surface area contributed by atoms with E-state index in [1.807, 2.05) is 48.5 Å². The van der Waals surface area contributed by atoms with Gasteiger partial charge >= 0.3 is 5.97 Å². The number of carboxylic acids is 1. The van der Waals surface area contributed by atoms with Crippen LogP contribution in [-0.4, -0.2) is 21.0 Å². The first-order valence-electron chi connectivity index (χ1n) is 7.69. The summed E-state index contributed by atoms with van der Waals surface area (Å²) in [5.74, 6) is -0.164. The third kappa shape index (κ3) is 2.99. The van der Waals surface area contributed by atoms with Crippen molar-refractivity contribution in [3.63, 3.8) is 0 Å². The van der Waals surface area contributed by atoms with Gasteiger partial charge in [-0.3, -0.25) is 0 Å². The molecule has 4 rings (SSSR count). The topological polar surface area (TPSA) is 66.0 Å². The molecule has 0 aliphatic carbocycles. The van der Waals surface area contributed by atoms with Crippen LogP contribution in [0.25, 0.3) is 33.5 Å². The molecule has 0 aliphatic heterocycles. The second kappa shape index (κ2) is 6.07. The number of hydrogen-bond acceptors (Lipinski definition) is 2. The molecular weight excluding hydrogens is 336 g/mol. The molecule has 0 fully saturated rings. The number of nitrogens with zero attached hydrogens (tertiary/aromatic N) is 1. The fraction of sp³-hybridized carbons (Fsp3) is 0. The number of hydrogen-bond donors (Lipinski definition) is 2. The molecule has 0 spiro atoms. The summed E-state index contributed by atoms with van der Waals surface area (Å²) < 4.78 is 0. The second-order valence-corrected chi connectivity index (χ2v) is 6.15. The van der Waals surface area contributed by atoms with E-state index < -0.39 is 5.97 Å². The number of aromatic carboxylic acids is 1. The Morgan fingerprint density at radius 3 is 2.44 bits per heavy atom. The lowest BCUT2D eigenvalue weighted by molar-refractivity contribution is 0.0697. The van der Waals surface area contributed by atoms with E-state index in [2.05, 4.69) is 9.97 Å². The van der Waals surface area contributed by atoms with Gasteiger partial charge in [-0.05, 0) is 41.5 Å². The lowest BCUT2D eigenvalue weighted by Crippen LogP contribution is -1.95. The van der Waals surface area contributed by atoms with E-state index in [4.69, 9.17) is 16.7 Å². The van der Waals surface area contributed by atoms with Crippen LogP contribution in [0.2, 0.25) is 5.02 Å². The predicted molar refractivity (Wildman–Crippen MR) is 98.9 cm³/mol. The normalized spacial score (nSPS) is 10.9. The highest BCUT2D eigenvalue weighted by atomic mass is 35.5. The predicted octanol–water partition coefficient (Wildman–Crippen LogP) is 5.25. The van der Waals surface area contributed by atoms with Gasteiger partial charge in [0.2, 0.25) is 0 Å². The molecule has 1 heterocycles. The zero-order chi connectivity index (χ0) is 17.4. The Morgan fingerprint density at radius 2 is 1.68 bits per heavy atom. The van der Waals surface area contributed by atoms with Crippen LogP contribution in [0.15, 0.2) is 66.7 Å². The minimum atomic E-state index is -0.931. The third-order valence-electron chi connectivity index (χ3n) is 4.05. The van der Waals surface area contributed by atoms with E-state index in [0.29, 0.717) is 5.02 Å². The molecule has 1 aromatic heterocycles. The lowest BCUT2D eigenvalue weighted by atomic mass is 10.0. The maximum absolute atomic E-state index is 11.1. The third-order valence-corrected chi connectivity index (χ3v) is 4.28. The van der Waals surface area contributed by atoms with Gasteiger partial charge in [-0.1, -0.05) is 48.0 Å². The van der Waals surface area contributed by atoms with Crippen molar-refractivity contribution in [2.24, 2.45) is 0 Å². The molecule has 0 unspecified atom stereocenters. The zero-order valence-corrected chi connectivity index (χ0v) is 13.8. The number of aromatic amines is 1. The SMILES string of the molecule is O=C(O)c1cccc(-c2ccc(-c3nc4ccc(Cl)cc4[nH]3)cc2)c1. The molecule has 25 heavy (non-hydrogen) atoms. The maximum atomic E-state index is 11.1. The van der Waals surface area contributed by atoms with Gasteiger partial charge in [-0.2, -0.15) is 0 Å². The summed E-state index contributed by atoms with van der Waals surface area (Å²) >= 11 is 6.01. The van der Waals surface area contributed by atoms with Crippen LogP contribution in [0.5, 0.6) is 0 Å². The van der Waals surface area contributed by atoms with Crippen molar-refractivity contribution in [1.82, 2.24) is 9.97 Å². The first-order valence-corrected chi connectivity index (χ1v) is 8.07. The number of benzene rings is 3. The highest BCUT2D eigenvalue weighted by molar-refractivity contribution is 6.31. The summed E-state index contributed by atoms with van der Waals surface area (Å²) in [7, 11) is 0. The van der Waals surface area contributed by atoms with Gasteiger partial charge < -0.3 is 10.1 Å². The molecule has 0 radical (unpaired) electrons. The van der Waals surface area contributed by atoms with E-state index in [1.165, 1.54) is 0 Å². The van der Waals surface area contributed by atoms with E-state index in [1.54, 1.807) is 18.2 Å². The van der Waals surface area contributed by atoms with Crippen LogP contribution < -0.4 is 0 Å². The summed E-state index contributed by atoms with van der Waals surface area (Å²) in [6, 6.07) is 20.3. The van der Waals surface area contributed by atoms with Crippen molar-refractivity contribution in [2.45, 2.75) is 0 Å². The van der Waals surface area contributed by atoms with E-state index in [0.717, 1.165) is 33.5 Å². The van der Waals surface area contributed by atoms with Gasteiger partial charge in [-0.15, -0.1) is 0 Å². The fourth-order valence-corrected chi connectivity index (χ4v) is 2.94. The summed E-state index contributed by atoms with van der Waals surface area (Å²) in [5.41, 5.74) is 4.79. The summed E-state index contributed by atoms with van der Waals surface area (Å²) in [6.45, 7) is 0. The molecule has 0 saturated carbocycles. The Hall–Kier alpha value is -3.11. The molecule has 0 atom stereocenters. The highest BCUT2D eigenvalue weighted by Gasteiger charge is 2.08. The van der Waals surface area contributed by atoms with E-state index in [9.17, 15) is 4.79 Å². The molecule has 3 aromatic carbocycles. The van der Waals surface area contributed by atoms with E-state index >= 15 is 0 Å². The smallest absolute Gasteiger partial charge is 0.335 e. The number of rotatable bonds is 3.